The van der Waals surface area contributed by atoms with Gasteiger partial charge in [-0.1, -0.05) is 0 Å². The SMILES string of the molecule is CNC(CN)Cc1ccnn1-c1ccc(OC(C)C)cc1. The third-order valence-corrected chi connectivity index (χ3v) is 3.32. The van der Waals surface area contributed by atoms with Gasteiger partial charge in [-0.2, -0.15) is 5.10 Å². The lowest BCUT2D eigenvalue weighted by atomic mass is 10.1. The van der Waals surface area contributed by atoms with E-state index in [-0.39, 0.29) is 12.1 Å². The standard InChI is InChI=1S/C16H24N4O/c1-12(2)21-16-6-4-14(5-7-16)20-15(8-9-19-20)10-13(11-17)18-3/h4-9,12-13,18H,10-11,17H2,1-3H3. The van der Waals surface area contributed by atoms with Crippen molar-refractivity contribution in [1.29, 1.82) is 0 Å². The minimum atomic E-state index is 0.178. The molecule has 0 bridgehead atoms. The smallest absolute Gasteiger partial charge is 0.119 e. The van der Waals surface area contributed by atoms with Gasteiger partial charge in [0.2, 0.25) is 0 Å². The van der Waals surface area contributed by atoms with Gasteiger partial charge >= 0.3 is 0 Å². The molecule has 0 aliphatic rings. The molecule has 0 radical (unpaired) electrons. The molecule has 1 atom stereocenters. The molecule has 1 aromatic heterocycles. The van der Waals surface area contributed by atoms with E-state index in [4.69, 9.17) is 10.5 Å². The van der Waals surface area contributed by atoms with Gasteiger partial charge in [0.1, 0.15) is 5.75 Å². The van der Waals surface area contributed by atoms with Gasteiger partial charge < -0.3 is 15.8 Å². The molecule has 114 valence electrons. The van der Waals surface area contributed by atoms with E-state index in [0.717, 1.165) is 23.6 Å². The quantitative estimate of drug-likeness (QED) is 0.814. The average molecular weight is 288 g/mol. The molecule has 0 aliphatic heterocycles. The zero-order valence-corrected chi connectivity index (χ0v) is 12.9. The highest BCUT2D eigenvalue weighted by Gasteiger charge is 2.10. The Balaban J connectivity index is 2.17. The Morgan fingerprint density at radius 3 is 2.52 bits per heavy atom. The van der Waals surface area contributed by atoms with Crippen LogP contribution in [0.3, 0.4) is 0 Å². The molecule has 0 saturated heterocycles. The number of nitrogens with zero attached hydrogens (tertiary/aromatic N) is 2. The van der Waals surface area contributed by atoms with Crippen LogP contribution in [0, 0.1) is 0 Å². The fourth-order valence-corrected chi connectivity index (χ4v) is 2.21. The van der Waals surface area contributed by atoms with Crippen LogP contribution in [0.5, 0.6) is 5.75 Å². The van der Waals surface area contributed by atoms with E-state index >= 15 is 0 Å². The van der Waals surface area contributed by atoms with Gasteiger partial charge in [0, 0.05) is 30.9 Å². The third kappa shape index (κ3) is 4.06. The van der Waals surface area contributed by atoms with Crippen molar-refractivity contribution in [3.63, 3.8) is 0 Å². The molecule has 3 N–H and O–H groups in total. The number of likely N-dealkylation sites (N-methyl/N-ethyl adjacent to an activating group) is 1. The summed E-state index contributed by atoms with van der Waals surface area (Å²) in [5.41, 5.74) is 7.91. The van der Waals surface area contributed by atoms with Gasteiger partial charge in [-0.15, -0.1) is 0 Å². The highest BCUT2D eigenvalue weighted by molar-refractivity contribution is 5.38. The fraction of sp³-hybridized carbons (Fsp3) is 0.438. The largest absolute Gasteiger partial charge is 0.491 e. The maximum atomic E-state index is 5.75. The van der Waals surface area contributed by atoms with Crippen LogP contribution in [0.1, 0.15) is 19.5 Å². The van der Waals surface area contributed by atoms with E-state index in [1.807, 2.05) is 62.1 Å². The maximum absolute atomic E-state index is 5.75. The monoisotopic (exact) mass is 288 g/mol. The number of hydrogen-bond acceptors (Lipinski definition) is 4. The lowest BCUT2D eigenvalue weighted by molar-refractivity contribution is 0.242. The van der Waals surface area contributed by atoms with Crippen LogP contribution in [0.25, 0.3) is 5.69 Å². The first kappa shape index (κ1) is 15.5. The average Bonchev–Trinajstić information content (AvgIpc) is 2.93. The van der Waals surface area contributed by atoms with Crippen molar-refractivity contribution in [2.75, 3.05) is 13.6 Å². The van der Waals surface area contributed by atoms with Gasteiger partial charge in [-0.25, -0.2) is 4.68 Å². The molecule has 5 nitrogen and oxygen atoms in total. The van der Waals surface area contributed by atoms with Crippen LogP contribution in [0.4, 0.5) is 0 Å². The molecule has 2 rings (SSSR count). The van der Waals surface area contributed by atoms with Crippen molar-refractivity contribution in [3.8, 4) is 11.4 Å². The molecule has 0 amide bonds. The Bertz CT molecular complexity index is 544. The summed E-state index contributed by atoms with van der Waals surface area (Å²) in [5, 5.41) is 7.62. The van der Waals surface area contributed by atoms with Crippen LogP contribution >= 0.6 is 0 Å². The zero-order valence-electron chi connectivity index (χ0n) is 12.9. The third-order valence-electron chi connectivity index (χ3n) is 3.32. The van der Waals surface area contributed by atoms with Crippen molar-refractivity contribution in [2.45, 2.75) is 32.4 Å². The summed E-state index contributed by atoms with van der Waals surface area (Å²) < 4.78 is 7.60. The van der Waals surface area contributed by atoms with Crippen molar-refractivity contribution < 1.29 is 4.74 Å². The molecule has 0 fully saturated rings. The molecule has 0 saturated carbocycles. The minimum Gasteiger partial charge on any atom is -0.491 e. The molecular weight excluding hydrogens is 264 g/mol. The number of nitrogens with two attached hydrogens (primary N) is 1. The molecule has 21 heavy (non-hydrogen) atoms. The summed E-state index contributed by atoms with van der Waals surface area (Å²) in [5.74, 6) is 0.873. The molecule has 5 heteroatoms. The van der Waals surface area contributed by atoms with E-state index in [0.29, 0.717) is 6.54 Å². The van der Waals surface area contributed by atoms with E-state index in [9.17, 15) is 0 Å². The Kier molecular flexibility index (Phi) is 5.36. The second-order valence-corrected chi connectivity index (χ2v) is 5.32. The highest BCUT2D eigenvalue weighted by Crippen LogP contribution is 2.18. The van der Waals surface area contributed by atoms with E-state index in [2.05, 4.69) is 10.4 Å². The predicted octanol–water partition coefficient (Wildman–Crippen LogP) is 1.75. The lowest BCUT2D eigenvalue weighted by Crippen LogP contribution is -2.35. The number of hydrogen-bond donors (Lipinski definition) is 2. The number of benzene rings is 1. The van der Waals surface area contributed by atoms with Gasteiger partial charge in [-0.3, -0.25) is 0 Å². The van der Waals surface area contributed by atoms with Gasteiger partial charge in [0.05, 0.1) is 11.8 Å². The Labute approximate surface area is 126 Å². The molecule has 1 heterocycles. The van der Waals surface area contributed by atoms with Crippen LogP contribution in [0.15, 0.2) is 36.5 Å². The molecule has 1 aromatic carbocycles. The minimum absolute atomic E-state index is 0.178. The van der Waals surface area contributed by atoms with Gasteiger partial charge in [-0.05, 0) is 51.2 Å². The number of rotatable bonds is 7. The summed E-state index contributed by atoms with van der Waals surface area (Å²) in [4.78, 5) is 0. The Hall–Kier alpha value is -1.85. The molecule has 0 spiro atoms. The topological polar surface area (TPSA) is 65.1 Å². The van der Waals surface area contributed by atoms with Crippen LogP contribution in [0.2, 0.25) is 0 Å². The van der Waals surface area contributed by atoms with Gasteiger partial charge in [0.25, 0.3) is 0 Å². The summed E-state index contributed by atoms with van der Waals surface area (Å²) >= 11 is 0. The fourth-order valence-electron chi connectivity index (χ4n) is 2.21. The van der Waals surface area contributed by atoms with Crippen molar-refractivity contribution in [3.05, 3.63) is 42.2 Å². The lowest BCUT2D eigenvalue weighted by Gasteiger charge is -2.15. The van der Waals surface area contributed by atoms with E-state index in [1.54, 1.807) is 0 Å². The first-order valence-electron chi connectivity index (χ1n) is 7.31. The van der Waals surface area contributed by atoms with Crippen molar-refractivity contribution in [1.82, 2.24) is 15.1 Å². The normalized spacial score (nSPS) is 12.6. The molecular formula is C16H24N4O. The molecule has 0 aliphatic carbocycles. The van der Waals surface area contributed by atoms with E-state index in [1.165, 1.54) is 0 Å². The summed E-state index contributed by atoms with van der Waals surface area (Å²) in [6, 6.07) is 10.3. The first-order valence-corrected chi connectivity index (χ1v) is 7.31. The van der Waals surface area contributed by atoms with Crippen LogP contribution in [-0.2, 0) is 6.42 Å². The van der Waals surface area contributed by atoms with Crippen LogP contribution < -0.4 is 15.8 Å². The highest BCUT2D eigenvalue weighted by atomic mass is 16.5. The zero-order chi connectivity index (χ0) is 15.2. The molecule has 1 unspecified atom stereocenters. The number of ether oxygens (including phenoxy) is 1. The van der Waals surface area contributed by atoms with Crippen LogP contribution in [-0.4, -0.2) is 35.5 Å². The summed E-state index contributed by atoms with van der Waals surface area (Å²) in [6.45, 7) is 4.64. The second kappa shape index (κ2) is 7.24. The van der Waals surface area contributed by atoms with Crippen molar-refractivity contribution in [2.24, 2.45) is 5.73 Å². The summed E-state index contributed by atoms with van der Waals surface area (Å²) in [6.07, 6.45) is 2.84. The summed E-state index contributed by atoms with van der Waals surface area (Å²) in [7, 11) is 1.93. The Morgan fingerprint density at radius 1 is 1.24 bits per heavy atom. The predicted molar refractivity (Wildman–Crippen MR) is 84.9 cm³/mol. The number of aromatic nitrogens is 2. The number of nitrogens with one attached hydrogen (secondary N) is 1. The first-order chi connectivity index (χ1) is 10.1. The Morgan fingerprint density at radius 2 is 1.95 bits per heavy atom. The van der Waals surface area contributed by atoms with E-state index < -0.39 is 0 Å². The van der Waals surface area contributed by atoms with Crippen molar-refractivity contribution >= 4 is 0 Å². The van der Waals surface area contributed by atoms with Gasteiger partial charge in [0.15, 0.2) is 0 Å². The maximum Gasteiger partial charge on any atom is 0.119 e. The second-order valence-electron chi connectivity index (χ2n) is 5.32. The molecule has 2 aromatic rings.